The monoisotopic (exact) mass is 407 g/mol. The van der Waals surface area contributed by atoms with Crippen LogP contribution >= 0.6 is 0 Å². The molecule has 2 amide bonds. The van der Waals surface area contributed by atoms with Crippen molar-refractivity contribution in [2.24, 2.45) is 0 Å². The number of carbonyl (C=O) groups excluding carboxylic acids is 2. The van der Waals surface area contributed by atoms with Gasteiger partial charge in [-0.15, -0.1) is 0 Å². The third kappa shape index (κ3) is 3.24. The number of amides is 2. The fraction of sp³-hybridized carbons (Fsp3) is 0.391. The normalized spacial score (nSPS) is 20.2. The Balaban J connectivity index is 1.40. The highest BCUT2D eigenvalue weighted by atomic mass is 16.6. The number of benzene rings is 2. The molecule has 1 fully saturated rings. The van der Waals surface area contributed by atoms with Crippen molar-refractivity contribution >= 4 is 23.2 Å². The van der Waals surface area contributed by atoms with Gasteiger partial charge < -0.3 is 24.6 Å². The van der Waals surface area contributed by atoms with E-state index in [4.69, 9.17) is 9.47 Å². The third-order valence-electron chi connectivity index (χ3n) is 6.10. The molecule has 0 saturated carbocycles. The minimum absolute atomic E-state index is 0.0589. The fourth-order valence-electron chi connectivity index (χ4n) is 4.52. The summed E-state index contributed by atoms with van der Waals surface area (Å²) in [5, 5.41) is 2.92. The first kappa shape index (κ1) is 18.8. The van der Waals surface area contributed by atoms with Crippen molar-refractivity contribution in [1.82, 2.24) is 4.90 Å². The van der Waals surface area contributed by atoms with E-state index in [0.29, 0.717) is 41.5 Å². The molecule has 3 aliphatic heterocycles. The van der Waals surface area contributed by atoms with E-state index >= 15 is 0 Å². The summed E-state index contributed by atoms with van der Waals surface area (Å²) in [4.78, 5) is 30.0. The number of nitrogens with zero attached hydrogens (tertiary/aromatic N) is 2. The molecule has 156 valence electrons. The first-order valence-corrected chi connectivity index (χ1v) is 10.5. The molecule has 0 aliphatic carbocycles. The molecular weight excluding hydrogens is 382 g/mol. The number of carbonyl (C=O) groups is 2. The molecule has 0 aromatic heterocycles. The summed E-state index contributed by atoms with van der Waals surface area (Å²) >= 11 is 0. The van der Waals surface area contributed by atoms with Gasteiger partial charge in [0.25, 0.3) is 11.8 Å². The maximum atomic E-state index is 13.0. The van der Waals surface area contributed by atoms with Crippen molar-refractivity contribution in [3.8, 4) is 11.5 Å². The number of anilines is 2. The second kappa shape index (κ2) is 7.55. The Bertz CT molecular complexity index is 1010. The van der Waals surface area contributed by atoms with Crippen LogP contribution in [0.25, 0.3) is 0 Å². The summed E-state index contributed by atoms with van der Waals surface area (Å²) in [5.41, 5.74) is 2.64. The second-order valence-corrected chi connectivity index (χ2v) is 7.98. The third-order valence-corrected chi connectivity index (χ3v) is 6.10. The lowest BCUT2D eigenvalue weighted by Crippen LogP contribution is -2.53. The molecular formula is C23H25N3O4. The highest BCUT2D eigenvalue weighted by Crippen LogP contribution is 2.35. The predicted molar refractivity (Wildman–Crippen MR) is 114 cm³/mol. The van der Waals surface area contributed by atoms with Crippen LogP contribution in [0.1, 0.15) is 46.4 Å². The van der Waals surface area contributed by atoms with E-state index in [9.17, 15) is 9.59 Å². The molecule has 3 heterocycles. The van der Waals surface area contributed by atoms with E-state index in [1.54, 1.807) is 30.3 Å². The molecule has 0 radical (unpaired) electrons. The Hall–Kier alpha value is -3.22. The van der Waals surface area contributed by atoms with Crippen LogP contribution in [0.3, 0.4) is 0 Å². The van der Waals surface area contributed by atoms with Crippen molar-refractivity contribution in [2.75, 3.05) is 37.0 Å². The molecule has 5 rings (SSSR count). The first-order chi connectivity index (χ1) is 14.6. The smallest absolute Gasteiger partial charge is 0.257 e. The lowest BCUT2D eigenvalue weighted by molar-refractivity contribution is 0.0661. The van der Waals surface area contributed by atoms with Crippen molar-refractivity contribution in [2.45, 2.75) is 31.8 Å². The van der Waals surface area contributed by atoms with Gasteiger partial charge in [0.1, 0.15) is 19.4 Å². The molecule has 7 nitrogen and oxygen atoms in total. The zero-order valence-corrected chi connectivity index (χ0v) is 17.0. The van der Waals surface area contributed by atoms with Gasteiger partial charge in [0.05, 0.1) is 11.3 Å². The van der Waals surface area contributed by atoms with Gasteiger partial charge in [-0.2, -0.15) is 0 Å². The van der Waals surface area contributed by atoms with E-state index in [1.807, 2.05) is 18.0 Å². The minimum Gasteiger partial charge on any atom is -0.486 e. The molecule has 1 saturated heterocycles. The summed E-state index contributed by atoms with van der Waals surface area (Å²) < 4.78 is 11.1. The number of hydrogen-bond donors (Lipinski definition) is 1. The van der Waals surface area contributed by atoms with Gasteiger partial charge >= 0.3 is 0 Å². The average Bonchev–Trinajstić information content (AvgIpc) is 3.03. The van der Waals surface area contributed by atoms with Gasteiger partial charge in [0.15, 0.2) is 11.5 Å². The molecule has 0 unspecified atom stereocenters. The molecule has 1 N–H and O–H groups in total. The van der Waals surface area contributed by atoms with Crippen LogP contribution in [-0.4, -0.2) is 49.7 Å². The number of rotatable bonds is 2. The van der Waals surface area contributed by atoms with Crippen LogP contribution in [0, 0.1) is 0 Å². The quantitative estimate of drug-likeness (QED) is 0.825. The molecule has 7 heteroatoms. The maximum Gasteiger partial charge on any atom is 0.257 e. The van der Waals surface area contributed by atoms with E-state index in [-0.39, 0.29) is 18.0 Å². The molecule has 2 aromatic rings. The van der Waals surface area contributed by atoms with E-state index < -0.39 is 0 Å². The highest BCUT2D eigenvalue weighted by Gasteiger charge is 2.36. The van der Waals surface area contributed by atoms with Gasteiger partial charge in [-0.1, -0.05) is 6.42 Å². The largest absolute Gasteiger partial charge is 0.486 e. The van der Waals surface area contributed by atoms with Crippen molar-refractivity contribution in [3.05, 3.63) is 47.5 Å². The predicted octanol–water partition coefficient (Wildman–Crippen LogP) is 3.50. The minimum atomic E-state index is -0.223. The second-order valence-electron chi connectivity index (χ2n) is 7.98. The van der Waals surface area contributed by atoms with Gasteiger partial charge in [-0.05, 0) is 49.6 Å². The van der Waals surface area contributed by atoms with E-state index in [1.165, 1.54) is 0 Å². The molecule has 3 aliphatic rings. The highest BCUT2D eigenvalue weighted by molar-refractivity contribution is 6.08. The molecule has 30 heavy (non-hydrogen) atoms. The van der Waals surface area contributed by atoms with E-state index in [0.717, 1.165) is 37.9 Å². The molecule has 0 spiro atoms. The summed E-state index contributed by atoms with van der Waals surface area (Å²) in [7, 11) is 2.01. The summed E-state index contributed by atoms with van der Waals surface area (Å²) in [5.74, 6) is 1.15. The SMILES string of the molecule is CN1c2cc(C(=O)Nc3ccc4c(c3)OCCO4)ccc2C(=O)N2CCCCC[C@@H]21. The van der Waals surface area contributed by atoms with Gasteiger partial charge in [-0.3, -0.25) is 9.59 Å². The number of hydrogen-bond acceptors (Lipinski definition) is 5. The van der Waals surface area contributed by atoms with Crippen molar-refractivity contribution < 1.29 is 19.1 Å². The summed E-state index contributed by atoms with van der Waals surface area (Å²) in [6.45, 7) is 1.81. The standard InChI is InChI=1S/C23H25N3O4/c1-25-18-13-15(6-8-17(18)23(28)26-10-4-2-3-5-21(25)26)22(27)24-16-7-9-19-20(14-16)30-12-11-29-19/h6-9,13-14,21H,2-5,10-12H2,1H3,(H,24,27)/t21-/m1/s1. The zero-order chi connectivity index (χ0) is 20.7. The number of ether oxygens (including phenoxy) is 2. The Morgan fingerprint density at radius 2 is 1.87 bits per heavy atom. The Kier molecular flexibility index (Phi) is 4.73. The lowest BCUT2D eigenvalue weighted by Gasteiger charge is -2.43. The van der Waals surface area contributed by atoms with Crippen LogP contribution in [-0.2, 0) is 0 Å². The topological polar surface area (TPSA) is 71.1 Å². The number of fused-ring (bicyclic) bond motifs is 3. The van der Waals surface area contributed by atoms with Crippen molar-refractivity contribution in [1.29, 1.82) is 0 Å². The van der Waals surface area contributed by atoms with Crippen LogP contribution < -0.4 is 19.7 Å². The first-order valence-electron chi connectivity index (χ1n) is 10.5. The fourth-order valence-corrected chi connectivity index (χ4v) is 4.52. The Morgan fingerprint density at radius 3 is 2.73 bits per heavy atom. The maximum absolute atomic E-state index is 13.0. The van der Waals surface area contributed by atoms with Crippen LogP contribution in [0.2, 0.25) is 0 Å². The summed E-state index contributed by atoms with van der Waals surface area (Å²) in [6, 6.07) is 10.7. The van der Waals surface area contributed by atoms with Gasteiger partial charge in [-0.25, -0.2) is 0 Å². The van der Waals surface area contributed by atoms with Crippen molar-refractivity contribution in [3.63, 3.8) is 0 Å². The number of nitrogens with one attached hydrogen (secondary N) is 1. The summed E-state index contributed by atoms with van der Waals surface area (Å²) in [6.07, 6.45) is 4.31. The molecule has 1 atom stereocenters. The molecule has 0 bridgehead atoms. The van der Waals surface area contributed by atoms with Crippen LogP contribution in [0.5, 0.6) is 11.5 Å². The van der Waals surface area contributed by atoms with Gasteiger partial charge in [0.2, 0.25) is 0 Å². The van der Waals surface area contributed by atoms with Gasteiger partial charge in [0, 0.05) is 30.9 Å². The molecule has 2 aromatic carbocycles. The Labute approximate surface area is 175 Å². The zero-order valence-electron chi connectivity index (χ0n) is 17.0. The van der Waals surface area contributed by atoms with Crippen LogP contribution in [0.15, 0.2) is 36.4 Å². The average molecular weight is 407 g/mol. The Morgan fingerprint density at radius 1 is 1.03 bits per heavy atom. The van der Waals surface area contributed by atoms with Crippen LogP contribution in [0.4, 0.5) is 11.4 Å². The lowest BCUT2D eigenvalue weighted by atomic mass is 10.0. The van der Waals surface area contributed by atoms with E-state index in [2.05, 4.69) is 10.2 Å².